The van der Waals surface area contributed by atoms with E-state index in [-0.39, 0.29) is 24.2 Å². The van der Waals surface area contributed by atoms with Crippen LogP contribution in [0, 0.1) is 0 Å². The van der Waals surface area contributed by atoms with Crippen LogP contribution in [0.4, 0.5) is 0 Å². The molecule has 0 saturated heterocycles. The molecule has 0 amide bonds. The van der Waals surface area contributed by atoms with Gasteiger partial charge in [-0.15, -0.1) is 0 Å². The van der Waals surface area contributed by atoms with Crippen molar-refractivity contribution in [3.8, 4) is 0 Å². The first kappa shape index (κ1) is 18.4. The molecule has 8 nitrogen and oxygen atoms in total. The second-order valence-electron chi connectivity index (χ2n) is 5.50. The summed E-state index contributed by atoms with van der Waals surface area (Å²) in [5.41, 5.74) is 1.74. The minimum Gasteiger partial charge on any atom is -0.348 e. The predicted molar refractivity (Wildman–Crippen MR) is 93.3 cm³/mol. The lowest BCUT2D eigenvalue weighted by Gasteiger charge is -2.19. The first-order chi connectivity index (χ1) is 11.6. The Labute approximate surface area is 142 Å². The topological polar surface area (TPSA) is 116 Å². The minimum atomic E-state index is -0.406. The van der Waals surface area contributed by atoms with E-state index in [9.17, 15) is 9.59 Å². The molecule has 3 atom stereocenters. The molecule has 2 rings (SSSR count). The summed E-state index contributed by atoms with van der Waals surface area (Å²) in [6.45, 7) is 1.93. The summed E-state index contributed by atoms with van der Waals surface area (Å²) >= 11 is 0. The molecule has 2 aromatic rings. The molecule has 1 unspecified atom stereocenters. The lowest BCUT2D eigenvalue weighted by atomic mass is 10.0. The molecule has 0 aliphatic rings. The molecule has 4 N–H and O–H groups in total. The van der Waals surface area contributed by atoms with Gasteiger partial charge in [-0.05, 0) is 0 Å². The molecule has 130 valence electrons. The van der Waals surface area contributed by atoms with Crippen LogP contribution in [0.25, 0.3) is 0 Å². The van der Waals surface area contributed by atoms with Gasteiger partial charge in [0.1, 0.15) is 5.78 Å². The van der Waals surface area contributed by atoms with Crippen LogP contribution in [-0.2, 0) is 22.4 Å². The van der Waals surface area contributed by atoms with Gasteiger partial charge in [0, 0.05) is 43.0 Å². The van der Waals surface area contributed by atoms with Gasteiger partial charge in [-0.1, -0.05) is 16.3 Å². The molecule has 9 heteroatoms. The van der Waals surface area contributed by atoms with Gasteiger partial charge in [-0.3, -0.25) is 14.7 Å². The second-order valence-corrected chi connectivity index (χ2v) is 5.83. The van der Waals surface area contributed by atoms with E-state index in [1.807, 2.05) is 6.92 Å². The maximum Gasteiger partial charge on any atom is 0.164 e. The summed E-state index contributed by atoms with van der Waals surface area (Å²) in [6.07, 6.45) is 7.95. The minimum absolute atomic E-state index is 0.0156. The maximum absolute atomic E-state index is 12.4. The number of rotatable bonds is 11. The third-order valence-electron chi connectivity index (χ3n) is 3.81. The molecule has 2 aromatic heterocycles. The highest BCUT2D eigenvalue weighted by atomic mass is 31.0. The summed E-state index contributed by atoms with van der Waals surface area (Å²) in [7, 11) is 2.37. The molecule has 0 spiro atoms. The Morgan fingerprint density at radius 2 is 1.67 bits per heavy atom. The van der Waals surface area contributed by atoms with E-state index < -0.39 is 6.04 Å². The van der Waals surface area contributed by atoms with Gasteiger partial charge in [0.15, 0.2) is 5.78 Å². The van der Waals surface area contributed by atoms with Gasteiger partial charge in [0.25, 0.3) is 0 Å². The van der Waals surface area contributed by atoms with Crippen LogP contribution in [-0.4, -0.2) is 50.1 Å². The fourth-order valence-electron chi connectivity index (χ4n) is 2.39. The molecule has 0 aliphatic carbocycles. The predicted octanol–water partition coefficient (Wildman–Crippen LogP) is 0.173. The smallest absolute Gasteiger partial charge is 0.164 e. The number of hydrogen-bond donors (Lipinski definition) is 4. The Hall–Kier alpha value is -1.89. The number of nitrogens with zero attached hydrogens (tertiary/aromatic N) is 2. The van der Waals surface area contributed by atoms with Gasteiger partial charge < -0.3 is 15.3 Å². The van der Waals surface area contributed by atoms with Crippen molar-refractivity contribution in [3.05, 3.63) is 36.4 Å². The van der Waals surface area contributed by atoms with E-state index in [2.05, 4.69) is 39.7 Å². The highest BCUT2D eigenvalue weighted by Crippen LogP contribution is 2.04. The van der Waals surface area contributed by atoms with Gasteiger partial charge in [-0.25, -0.2) is 9.97 Å². The van der Waals surface area contributed by atoms with Crippen LogP contribution < -0.4 is 10.4 Å². The Kier molecular flexibility index (Phi) is 7.24. The quantitative estimate of drug-likeness (QED) is 0.430. The van der Waals surface area contributed by atoms with Crippen LogP contribution in [0.1, 0.15) is 24.7 Å². The van der Waals surface area contributed by atoms with Crippen LogP contribution in [0.15, 0.2) is 25.0 Å². The number of aromatic amines is 2. The highest BCUT2D eigenvalue weighted by Gasteiger charge is 2.22. The van der Waals surface area contributed by atoms with E-state index in [0.717, 1.165) is 11.4 Å². The Balaban J connectivity index is 1.91. The molecule has 0 saturated carbocycles. The number of imidazole rings is 2. The van der Waals surface area contributed by atoms with Crippen molar-refractivity contribution in [2.24, 2.45) is 0 Å². The molecule has 24 heavy (non-hydrogen) atoms. The third-order valence-corrected chi connectivity index (χ3v) is 4.21. The Bertz CT molecular complexity index is 628. The van der Waals surface area contributed by atoms with Crippen LogP contribution in [0.5, 0.6) is 0 Å². The van der Waals surface area contributed by atoms with Crippen molar-refractivity contribution in [2.45, 2.75) is 38.3 Å². The zero-order valence-corrected chi connectivity index (χ0v) is 14.7. The summed E-state index contributed by atoms with van der Waals surface area (Å²) < 4.78 is 0. The van der Waals surface area contributed by atoms with Crippen molar-refractivity contribution >= 4 is 21.0 Å². The highest BCUT2D eigenvalue weighted by molar-refractivity contribution is 7.13. The lowest BCUT2D eigenvalue weighted by Crippen LogP contribution is -2.45. The molecule has 0 bridgehead atoms. The molecule has 0 radical (unpaired) electrons. The van der Waals surface area contributed by atoms with E-state index >= 15 is 0 Å². The molecular weight excluding hydrogens is 327 g/mol. The summed E-state index contributed by atoms with van der Waals surface area (Å²) in [5.74, 6) is 0.0551. The number of ketones is 2. The number of Topliss-reactive ketones (excluding diaryl/α,β-unsaturated/α-hetero) is 2. The number of nitrogens with one attached hydrogen (secondary N) is 4. The van der Waals surface area contributed by atoms with Crippen molar-refractivity contribution in [3.63, 3.8) is 0 Å². The summed E-state index contributed by atoms with van der Waals surface area (Å²) in [6, 6.07) is -0.774. The van der Waals surface area contributed by atoms with E-state index in [0.29, 0.717) is 19.3 Å². The van der Waals surface area contributed by atoms with E-state index in [1.165, 1.54) is 0 Å². The molecular formula is C15H23N6O2P. The molecule has 0 fully saturated rings. The SMILES string of the molecule is CCC(=O)[C@H](Cc1cnc[nH]1)NCC(=O)[C@H](Cc1cnc[nH]1)NP. The molecule has 2 heterocycles. The Morgan fingerprint density at radius 3 is 2.12 bits per heavy atom. The monoisotopic (exact) mass is 350 g/mol. The average molecular weight is 350 g/mol. The second kappa shape index (κ2) is 9.42. The molecule has 0 aliphatic heterocycles. The first-order valence-electron chi connectivity index (χ1n) is 7.83. The summed E-state index contributed by atoms with van der Waals surface area (Å²) in [4.78, 5) is 38.4. The van der Waals surface area contributed by atoms with Gasteiger partial charge in [0.2, 0.25) is 0 Å². The number of H-pyrrole nitrogens is 2. The third kappa shape index (κ3) is 5.33. The standard InChI is InChI=1S/C15H23N6O2P/c1-2-14(22)12(3-10-5-16-8-19-10)18-7-15(23)13(21-24)4-11-6-17-9-20-11/h5-6,8-9,12-13,18,21H,2-4,7,24H2,1H3,(H,16,19)(H,17,20)/t12-,13-/m0/s1. The summed E-state index contributed by atoms with van der Waals surface area (Å²) in [5, 5.41) is 6.01. The fourth-order valence-corrected chi connectivity index (χ4v) is 2.70. The number of hydrogen-bond acceptors (Lipinski definition) is 6. The maximum atomic E-state index is 12.4. The number of aromatic nitrogens is 4. The van der Waals surface area contributed by atoms with Crippen LogP contribution >= 0.6 is 9.39 Å². The molecule has 0 aromatic carbocycles. The normalized spacial score (nSPS) is 13.6. The van der Waals surface area contributed by atoms with Gasteiger partial charge in [-0.2, -0.15) is 0 Å². The fraction of sp³-hybridized carbons (Fsp3) is 0.467. The number of carbonyl (C=O) groups is 2. The van der Waals surface area contributed by atoms with Crippen LogP contribution in [0.2, 0.25) is 0 Å². The lowest BCUT2D eigenvalue weighted by molar-refractivity contribution is -0.122. The first-order valence-corrected chi connectivity index (χ1v) is 8.41. The van der Waals surface area contributed by atoms with Crippen molar-refractivity contribution < 1.29 is 9.59 Å². The van der Waals surface area contributed by atoms with Crippen molar-refractivity contribution in [1.29, 1.82) is 0 Å². The van der Waals surface area contributed by atoms with Gasteiger partial charge in [0.05, 0.1) is 31.3 Å². The largest absolute Gasteiger partial charge is 0.348 e. The Morgan fingerprint density at radius 1 is 1.08 bits per heavy atom. The zero-order chi connectivity index (χ0) is 17.4. The number of carbonyl (C=O) groups excluding carboxylic acids is 2. The van der Waals surface area contributed by atoms with Gasteiger partial charge >= 0.3 is 0 Å². The van der Waals surface area contributed by atoms with Crippen LogP contribution in [0.3, 0.4) is 0 Å². The van der Waals surface area contributed by atoms with Crippen molar-refractivity contribution in [1.82, 2.24) is 30.3 Å². The average Bonchev–Trinajstić information content (AvgIpc) is 3.28. The van der Waals surface area contributed by atoms with E-state index in [4.69, 9.17) is 0 Å². The van der Waals surface area contributed by atoms with E-state index in [1.54, 1.807) is 25.0 Å². The van der Waals surface area contributed by atoms with Crippen molar-refractivity contribution in [2.75, 3.05) is 6.54 Å². The zero-order valence-electron chi connectivity index (χ0n) is 13.6.